The van der Waals surface area contributed by atoms with Crippen LogP contribution in [0.15, 0.2) is 0 Å². The van der Waals surface area contributed by atoms with Gasteiger partial charge in [0.05, 0.1) is 4.88 Å². The fourth-order valence-corrected chi connectivity index (χ4v) is 1.51. The topological polar surface area (TPSA) is 66.3 Å². The molecule has 0 bridgehead atoms. The summed E-state index contributed by atoms with van der Waals surface area (Å²) in [6.45, 7) is 0.569. The van der Waals surface area contributed by atoms with Crippen molar-refractivity contribution in [3.05, 3.63) is 10.6 Å². The van der Waals surface area contributed by atoms with Gasteiger partial charge in [-0.15, -0.1) is 5.10 Å². The summed E-state index contributed by atoms with van der Waals surface area (Å²) < 4.78 is 3.58. The van der Waals surface area contributed by atoms with Crippen LogP contribution >= 0.6 is 11.5 Å². The minimum Gasteiger partial charge on any atom is -0.476 e. The molecule has 1 N–H and O–H groups in total. The molecule has 1 heterocycles. The van der Waals surface area contributed by atoms with Crippen molar-refractivity contribution in [2.75, 3.05) is 14.1 Å². The van der Waals surface area contributed by atoms with Crippen LogP contribution in [0.4, 0.5) is 0 Å². The van der Waals surface area contributed by atoms with Gasteiger partial charge in [0.25, 0.3) is 0 Å². The predicted molar refractivity (Wildman–Crippen MR) is 44.3 cm³/mol. The quantitative estimate of drug-likeness (QED) is 0.737. The van der Waals surface area contributed by atoms with E-state index in [2.05, 4.69) is 9.59 Å². The summed E-state index contributed by atoms with van der Waals surface area (Å²) >= 11 is 1.12. The number of aromatic carboxylic acids is 1. The lowest BCUT2D eigenvalue weighted by molar-refractivity contribution is 0.0688. The lowest BCUT2D eigenvalue weighted by Gasteiger charge is -2.05. The molecule has 12 heavy (non-hydrogen) atoms. The third kappa shape index (κ3) is 1.99. The van der Waals surface area contributed by atoms with Crippen molar-refractivity contribution < 1.29 is 9.90 Å². The molecule has 0 atom stereocenters. The molecule has 0 unspecified atom stereocenters. The second kappa shape index (κ2) is 3.59. The Bertz CT molecular complexity index is 284. The molecule has 1 aromatic heterocycles. The average molecular weight is 187 g/mol. The standard InChI is InChI=1S/C6H9N3O2S/c1-9(2)3-4-5(6(10)11)7-8-12-4/h3H2,1-2H3,(H,10,11). The van der Waals surface area contributed by atoms with Crippen LogP contribution < -0.4 is 0 Å². The minimum atomic E-state index is -1.01. The second-order valence-corrected chi connectivity index (χ2v) is 3.43. The van der Waals surface area contributed by atoms with E-state index in [-0.39, 0.29) is 5.69 Å². The van der Waals surface area contributed by atoms with Crippen molar-refractivity contribution in [1.82, 2.24) is 14.5 Å². The van der Waals surface area contributed by atoms with Crippen LogP contribution in [-0.4, -0.2) is 39.7 Å². The molecule has 5 nitrogen and oxygen atoms in total. The lowest BCUT2D eigenvalue weighted by atomic mass is 10.3. The van der Waals surface area contributed by atoms with E-state index in [0.29, 0.717) is 11.4 Å². The summed E-state index contributed by atoms with van der Waals surface area (Å²) in [5.41, 5.74) is 0.0636. The van der Waals surface area contributed by atoms with E-state index in [0.717, 1.165) is 11.5 Å². The molecule has 0 aromatic carbocycles. The Kier molecular flexibility index (Phi) is 2.72. The van der Waals surface area contributed by atoms with Crippen molar-refractivity contribution in [3.8, 4) is 0 Å². The van der Waals surface area contributed by atoms with Gasteiger partial charge in [-0.05, 0) is 25.6 Å². The van der Waals surface area contributed by atoms with Crippen molar-refractivity contribution in [2.24, 2.45) is 0 Å². The van der Waals surface area contributed by atoms with Gasteiger partial charge in [-0.1, -0.05) is 4.49 Å². The minimum absolute atomic E-state index is 0.0636. The zero-order valence-corrected chi connectivity index (χ0v) is 7.63. The molecule has 0 saturated carbocycles. The zero-order chi connectivity index (χ0) is 9.14. The smallest absolute Gasteiger partial charge is 0.357 e. The highest BCUT2D eigenvalue weighted by atomic mass is 32.1. The van der Waals surface area contributed by atoms with Crippen LogP contribution in [0.2, 0.25) is 0 Å². The number of hydrogen-bond donors (Lipinski definition) is 1. The van der Waals surface area contributed by atoms with E-state index in [1.807, 2.05) is 19.0 Å². The monoisotopic (exact) mass is 187 g/mol. The van der Waals surface area contributed by atoms with Gasteiger partial charge in [0.1, 0.15) is 0 Å². The van der Waals surface area contributed by atoms with Gasteiger partial charge < -0.3 is 10.0 Å². The summed E-state index contributed by atoms with van der Waals surface area (Å²) in [6.07, 6.45) is 0. The number of aromatic nitrogens is 2. The summed E-state index contributed by atoms with van der Waals surface area (Å²) in [7, 11) is 3.73. The molecule has 1 aromatic rings. The first-order valence-corrected chi connectivity index (χ1v) is 4.08. The number of carboxylic acids is 1. The van der Waals surface area contributed by atoms with Crippen LogP contribution in [0.5, 0.6) is 0 Å². The maximum atomic E-state index is 10.6. The van der Waals surface area contributed by atoms with Crippen molar-refractivity contribution in [1.29, 1.82) is 0 Å². The third-order valence-electron chi connectivity index (χ3n) is 1.22. The maximum absolute atomic E-state index is 10.6. The summed E-state index contributed by atoms with van der Waals surface area (Å²) in [5.74, 6) is -1.01. The lowest BCUT2D eigenvalue weighted by Crippen LogP contribution is -2.12. The zero-order valence-electron chi connectivity index (χ0n) is 6.81. The van der Waals surface area contributed by atoms with Crippen LogP contribution in [-0.2, 0) is 6.54 Å². The SMILES string of the molecule is CN(C)Cc1snnc1C(=O)O. The fraction of sp³-hybridized carbons (Fsp3) is 0.500. The van der Waals surface area contributed by atoms with Crippen LogP contribution in [0.1, 0.15) is 15.4 Å². The van der Waals surface area contributed by atoms with E-state index >= 15 is 0 Å². The van der Waals surface area contributed by atoms with Gasteiger partial charge in [-0.25, -0.2) is 4.79 Å². The highest BCUT2D eigenvalue weighted by Gasteiger charge is 2.14. The Morgan fingerprint density at radius 2 is 2.33 bits per heavy atom. The van der Waals surface area contributed by atoms with Gasteiger partial charge in [-0.3, -0.25) is 0 Å². The van der Waals surface area contributed by atoms with Gasteiger partial charge in [0, 0.05) is 6.54 Å². The van der Waals surface area contributed by atoms with Crippen molar-refractivity contribution in [2.45, 2.75) is 6.54 Å². The van der Waals surface area contributed by atoms with Crippen LogP contribution in [0, 0.1) is 0 Å². The van der Waals surface area contributed by atoms with Crippen molar-refractivity contribution >= 4 is 17.5 Å². The average Bonchev–Trinajstić information content (AvgIpc) is 2.33. The molecular weight excluding hydrogens is 178 g/mol. The second-order valence-electron chi connectivity index (χ2n) is 2.59. The van der Waals surface area contributed by atoms with E-state index < -0.39 is 5.97 Å². The molecule has 6 heteroatoms. The molecule has 0 aliphatic rings. The van der Waals surface area contributed by atoms with Gasteiger partial charge in [-0.2, -0.15) is 0 Å². The van der Waals surface area contributed by atoms with Crippen molar-refractivity contribution in [3.63, 3.8) is 0 Å². The predicted octanol–water partition coefficient (Wildman–Crippen LogP) is 0.298. The molecule has 66 valence electrons. The van der Waals surface area contributed by atoms with Gasteiger partial charge in [0.2, 0.25) is 0 Å². The normalized spacial score (nSPS) is 10.6. The third-order valence-corrected chi connectivity index (χ3v) is 1.92. The molecule has 0 amide bonds. The number of carbonyl (C=O) groups is 1. The fourth-order valence-electron chi connectivity index (χ4n) is 0.763. The summed E-state index contributed by atoms with van der Waals surface area (Å²) in [5, 5.41) is 12.2. The Hall–Kier alpha value is -1.01. The molecular formula is C6H9N3O2S. The van der Waals surface area contributed by atoms with Gasteiger partial charge >= 0.3 is 5.97 Å². The summed E-state index contributed by atoms with van der Waals surface area (Å²) in [4.78, 5) is 13.1. The number of carboxylic acid groups (broad SMARTS) is 1. The van der Waals surface area contributed by atoms with E-state index in [4.69, 9.17) is 5.11 Å². The number of nitrogens with zero attached hydrogens (tertiary/aromatic N) is 3. The van der Waals surface area contributed by atoms with Gasteiger partial charge in [0.15, 0.2) is 5.69 Å². The Morgan fingerprint density at radius 1 is 1.67 bits per heavy atom. The molecule has 0 spiro atoms. The van der Waals surface area contributed by atoms with Crippen LogP contribution in [0.25, 0.3) is 0 Å². The highest BCUT2D eigenvalue weighted by Crippen LogP contribution is 2.11. The number of rotatable bonds is 3. The highest BCUT2D eigenvalue weighted by molar-refractivity contribution is 7.05. The first-order chi connectivity index (χ1) is 5.61. The molecule has 1 rings (SSSR count). The molecule has 0 aliphatic carbocycles. The number of hydrogen-bond acceptors (Lipinski definition) is 5. The molecule has 0 radical (unpaired) electrons. The summed E-state index contributed by atoms with van der Waals surface area (Å²) in [6, 6.07) is 0. The Labute approximate surface area is 73.8 Å². The maximum Gasteiger partial charge on any atom is 0.357 e. The van der Waals surface area contributed by atoms with E-state index in [1.165, 1.54) is 0 Å². The Balaban J connectivity index is 2.84. The Morgan fingerprint density at radius 3 is 2.83 bits per heavy atom. The molecule has 0 saturated heterocycles. The van der Waals surface area contributed by atoms with E-state index in [1.54, 1.807) is 0 Å². The first-order valence-electron chi connectivity index (χ1n) is 3.30. The molecule has 0 fully saturated rings. The largest absolute Gasteiger partial charge is 0.476 e. The van der Waals surface area contributed by atoms with Crippen LogP contribution in [0.3, 0.4) is 0 Å². The first kappa shape index (κ1) is 9.08. The molecule has 0 aliphatic heterocycles. The van der Waals surface area contributed by atoms with E-state index in [9.17, 15) is 4.79 Å².